The number of amides is 8. The summed E-state index contributed by atoms with van der Waals surface area (Å²) in [6.07, 6.45) is 1.46. The van der Waals surface area contributed by atoms with Gasteiger partial charge in [0.15, 0.2) is 0 Å². The second-order valence-corrected chi connectivity index (χ2v) is 22.4. The van der Waals surface area contributed by atoms with Crippen LogP contribution in [-0.4, -0.2) is 137 Å². The Balaban J connectivity index is 1.52. The quantitative estimate of drug-likeness (QED) is 0.0807. The summed E-state index contributed by atoms with van der Waals surface area (Å²) in [5.74, 6) is -5.41. The van der Waals surface area contributed by atoms with Gasteiger partial charge in [-0.3, -0.25) is 33.6 Å². The number of nitrogens with zero attached hydrogens (tertiary/aromatic N) is 2. The molecule has 0 bridgehead atoms. The normalized spacial score (nSPS) is 18.1. The predicted molar refractivity (Wildman–Crippen MR) is 283 cm³/mol. The number of methoxy groups -OCH3 is 1. The minimum Gasteiger partial charge on any atom is -0.467 e. The third kappa shape index (κ3) is 18.7. The fraction of sp³-hybridized carbons (Fsp3) is 0.625. The van der Waals surface area contributed by atoms with Crippen LogP contribution in [0.15, 0.2) is 60.7 Å². The van der Waals surface area contributed by atoms with Crippen molar-refractivity contribution >= 4 is 53.4 Å². The molecule has 2 heterocycles. The summed E-state index contributed by atoms with van der Waals surface area (Å²) < 4.78 is 10.4. The summed E-state index contributed by atoms with van der Waals surface area (Å²) in [5, 5.41) is 16.9. The van der Waals surface area contributed by atoms with Gasteiger partial charge < -0.3 is 51.2 Å². The Kier molecular flexibility index (Phi) is 23.1. The molecule has 19 heteroatoms. The van der Waals surface area contributed by atoms with Gasteiger partial charge in [-0.05, 0) is 94.1 Å². The lowest BCUT2D eigenvalue weighted by Gasteiger charge is -2.34. The molecule has 0 aliphatic carbocycles. The molecular formula is C56H84N8O11. The molecule has 0 unspecified atom stereocenters. The zero-order chi connectivity index (χ0) is 55.7. The topological polar surface area (TPSA) is 251 Å². The molecule has 6 N–H and O–H groups in total. The van der Waals surface area contributed by atoms with E-state index in [0.29, 0.717) is 25.7 Å². The summed E-state index contributed by atoms with van der Waals surface area (Å²) in [6.45, 7) is 20.2. The van der Waals surface area contributed by atoms with Gasteiger partial charge in [0.1, 0.15) is 53.9 Å². The number of carbonyl (C=O) groups excluding carboxylic acids is 9. The van der Waals surface area contributed by atoms with Crippen LogP contribution >= 0.6 is 0 Å². The summed E-state index contributed by atoms with van der Waals surface area (Å²) in [7, 11) is 1.23. The van der Waals surface area contributed by atoms with Crippen LogP contribution in [0.4, 0.5) is 4.79 Å². The summed E-state index contributed by atoms with van der Waals surface area (Å²) in [6, 6.07) is 9.74. The van der Waals surface area contributed by atoms with Gasteiger partial charge in [-0.15, -0.1) is 0 Å². The Morgan fingerprint density at radius 3 is 1.41 bits per heavy atom. The maximum absolute atomic E-state index is 14.7. The average molecular weight is 1050 g/mol. The molecule has 0 spiro atoms. The molecule has 8 amide bonds. The highest BCUT2D eigenvalue weighted by molar-refractivity contribution is 5.98. The SMILES string of the molecule is COC(=O)[C@@H](NC(=O)[C@H](Cc1ccccc1)NC(=O)[C@H](CC(C)C)NC(=O)[C@@H]1CCCN1C(=O)[C@H]1CCCN1C(=O)[C@@H](NC(=O)[C@H](Cc1ccccc1)NC(=O)[C@H](CC(C)C)NC(=O)OC(C)(C)C)C(C)C)C(C)C. The Hall–Kier alpha value is -6.53. The van der Waals surface area contributed by atoms with E-state index in [-0.39, 0.29) is 56.5 Å². The Bertz CT molecular complexity index is 2270. The van der Waals surface area contributed by atoms with Gasteiger partial charge in [0, 0.05) is 25.9 Å². The van der Waals surface area contributed by atoms with E-state index in [0.717, 1.165) is 11.1 Å². The lowest BCUT2D eigenvalue weighted by molar-refractivity contribution is -0.148. The van der Waals surface area contributed by atoms with Gasteiger partial charge in [-0.2, -0.15) is 0 Å². The first kappa shape index (κ1) is 61.0. The number of likely N-dealkylation sites (tertiary alicyclic amines) is 2. The van der Waals surface area contributed by atoms with Crippen LogP contribution in [0.5, 0.6) is 0 Å². The molecular weight excluding hydrogens is 961 g/mol. The summed E-state index contributed by atoms with van der Waals surface area (Å²) in [5.41, 5.74) is 0.673. The van der Waals surface area contributed by atoms with Gasteiger partial charge in [-0.25, -0.2) is 9.59 Å². The first-order chi connectivity index (χ1) is 35.3. The van der Waals surface area contributed by atoms with E-state index in [1.807, 2.05) is 88.4 Å². The number of rotatable bonds is 24. The van der Waals surface area contributed by atoms with Crippen LogP contribution in [-0.2, 0) is 60.7 Å². The number of carbonyl (C=O) groups is 9. The van der Waals surface area contributed by atoms with E-state index in [2.05, 4.69) is 31.9 Å². The lowest BCUT2D eigenvalue weighted by Crippen LogP contribution is -2.61. The van der Waals surface area contributed by atoms with Gasteiger partial charge in [0.25, 0.3) is 0 Å². The number of hydrogen-bond donors (Lipinski definition) is 6. The highest BCUT2D eigenvalue weighted by Gasteiger charge is 2.45. The fourth-order valence-electron chi connectivity index (χ4n) is 9.39. The van der Waals surface area contributed by atoms with Crippen molar-refractivity contribution in [3.63, 3.8) is 0 Å². The van der Waals surface area contributed by atoms with Crippen LogP contribution in [0.1, 0.15) is 126 Å². The molecule has 8 atom stereocenters. The number of benzene rings is 2. The maximum atomic E-state index is 14.7. The van der Waals surface area contributed by atoms with Crippen LogP contribution in [0, 0.1) is 23.7 Å². The van der Waals surface area contributed by atoms with E-state index in [9.17, 15) is 43.2 Å². The number of hydrogen-bond acceptors (Lipinski definition) is 11. The van der Waals surface area contributed by atoms with Crippen molar-refractivity contribution < 1.29 is 52.6 Å². The third-order valence-electron chi connectivity index (χ3n) is 13.2. The van der Waals surface area contributed by atoms with Crippen LogP contribution in [0.2, 0.25) is 0 Å². The third-order valence-corrected chi connectivity index (χ3v) is 13.2. The first-order valence-corrected chi connectivity index (χ1v) is 26.6. The standard InChI is InChI=1S/C56H84N8O11/c1-33(2)29-39(47(65)57-42(32-38-23-17-14-18-24-38)50(68)62-46(36(7)8)54(72)74-12)59-51(69)43-25-19-27-63(43)52(70)44-26-20-28-64(44)53(71)45(35(5)6)61-49(67)41(31-37-21-15-13-16-22-37)58-48(66)40(30-34(3)4)60-55(73)75-56(9,10)11/h13-18,21-24,33-36,39-46H,19-20,25-32H2,1-12H3,(H,57,65)(H,58,66)(H,59,69)(H,60,73)(H,61,67)(H,62,68)/t39-,40-,41-,42-,43-,44+,45-,46-/m0/s1. The van der Waals surface area contributed by atoms with Crippen molar-refractivity contribution in [2.45, 2.75) is 181 Å². The molecule has 414 valence electrons. The Morgan fingerprint density at radius 1 is 0.547 bits per heavy atom. The molecule has 2 aromatic carbocycles. The monoisotopic (exact) mass is 1040 g/mol. The molecule has 75 heavy (non-hydrogen) atoms. The average Bonchev–Trinajstić information content (AvgIpc) is 4.04. The van der Waals surface area contributed by atoms with Gasteiger partial charge in [0.05, 0.1) is 7.11 Å². The van der Waals surface area contributed by atoms with E-state index in [1.54, 1.807) is 48.5 Å². The van der Waals surface area contributed by atoms with Crippen LogP contribution < -0.4 is 31.9 Å². The van der Waals surface area contributed by atoms with Crippen molar-refractivity contribution in [1.82, 2.24) is 41.7 Å². The predicted octanol–water partition coefficient (Wildman–Crippen LogP) is 4.35. The highest BCUT2D eigenvalue weighted by Crippen LogP contribution is 2.27. The number of esters is 1. The second-order valence-electron chi connectivity index (χ2n) is 22.4. The van der Waals surface area contributed by atoms with Gasteiger partial charge in [0.2, 0.25) is 41.4 Å². The Morgan fingerprint density at radius 2 is 0.973 bits per heavy atom. The molecule has 2 aliphatic heterocycles. The van der Waals surface area contributed by atoms with E-state index >= 15 is 0 Å². The molecule has 2 aromatic rings. The fourth-order valence-corrected chi connectivity index (χ4v) is 9.39. The molecule has 2 fully saturated rings. The van der Waals surface area contributed by atoms with Gasteiger partial charge >= 0.3 is 12.1 Å². The maximum Gasteiger partial charge on any atom is 0.408 e. The van der Waals surface area contributed by atoms with Crippen molar-refractivity contribution in [3.8, 4) is 0 Å². The highest BCUT2D eigenvalue weighted by atomic mass is 16.6. The molecule has 0 radical (unpaired) electrons. The van der Waals surface area contributed by atoms with E-state index in [4.69, 9.17) is 9.47 Å². The zero-order valence-corrected chi connectivity index (χ0v) is 46.2. The van der Waals surface area contributed by atoms with Crippen molar-refractivity contribution in [3.05, 3.63) is 71.8 Å². The van der Waals surface area contributed by atoms with E-state index in [1.165, 1.54) is 16.9 Å². The van der Waals surface area contributed by atoms with Crippen LogP contribution in [0.25, 0.3) is 0 Å². The minimum absolute atomic E-state index is 0.0143. The lowest BCUT2D eigenvalue weighted by atomic mass is 9.99. The van der Waals surface area contributed by atoms with Crippen molar-refractivity contribution in [2.75, 3.05) is 20.2 Å². The first-order valence-electron chi connectivity index (χ1n) is 26.6. The number of ether oxygens (including phenoxy) is 2. The Labute approximate surface area is 443 Å². The zero-order valence-electron chi connectivity index (χ0n) is 46.2. The van der Waals surface area contributed by atoms with Crippen molar-refractivity contribution in [1.29, 1.82) is 0 Å². The largest absolute Gasteiger partial charge is 0.467 e. The molecule has 0 aromatic heterocycles. The second kappa shape index (κ2) is 28.4. The van der Waals surface area contributed by atoms with Crippen molar-refractivity contribution in [2.24, 2.45) is 23.7 Å². The smallest absolute Gasteiger partial charge is 0.408 e. The summed E-state index contributed by atoms with van der Waals surface area (Å²) in [4.78, 5) is 128. The van der Waals surface area contributed by atoms with Gasteiger partial charge in [-0.1, -0.05) is 116 Å². The molecule has 19 nitrogen and oxygen atoms in total. The number of nitrogens with one attached hydrogen (secondary N) is 6. The molecule has 2 saturated heterocycles. The van der Waals surface area contributed by atoms with E-state index < -0.39 is 113 Å². The molecule has 2 aliphatic rings. The molecule has 0 saturated carbocycles. The van der Waals surface area contributed by atoms with Crippen LogP contribution in [0.3, 0.4) is 0 Å². The summed E-state index contributed by atoms with van der Waals surface area (Å²) >= 11 is 0. The molecule has 4 rings (SSSR count). The number of alkyl carbamates (subject to hydrolysis) is 1. The minimum atomic E-state index is -1.17.